The highest BCUT2D eigenvalue weighted by Gasteiger charge is 2.14. The maximum absolute atomic E-state index is 12.3. The number of hydrogen-bond donors (Lipinski definition) is 1. The van der Waals surface area contributed by atoms with Crippen molar-refractivity contribution in [2.75, 3.05) is 7.11 Å². The molecule has 0 radical (unpaired) electrons. The molecule has 4 nitrogen and oxygen atoms in total. The average molecular weight is 284 g/mol. The fourth-order valence-corrected chi connectivity index (χ4v) is 2.33. The van der Waals surface area contributed by atoms with E-state index in [9.17, 15) is 4.79 Å². The summed E-state index contributed by atoms with van der Waals surface area (Å²) in [5.41, 5.74) is 9.89. The van der Waals surface area contributed by atoms with Crippen LogP contribution < -0.4 is 10.5 Å². The van der Waals surface area contributed by atoms with E-state index in [0.29, 0.717) is 12.1 Å². The van der Waals surface area contributed by atoms with Crippen LogP contribution in [-0.2, 0) is 13.0 Å². The molecule has 0 amide bonds. The molecule has 0 bridgehead atoms. The Hall–Kier alpha value is -2.20. The lowest BCUT2D eigenvalue weighted by atomic mass is 10.0. The van der Waals surface area contributed by atoms with Crippen LogP contribution in [0.4, 0.5) is 0 Å². The fraction of sp³-hybridized carbons (Fsp3) is 0.294. The minimum absolute atomic E-state index is 0.0417. The number of nitrogens with two attached hydrogens (primary N) is 1. The summed E-state index contributed by atoms with van der Waals surface area (Å²) in [5.74, 6) is 0.839. The predicted octanol–water partition coefficient (Wildman–Crippen LogP) is 2.59. The fourth-order valence-electron chi connectivity index (χ4n) is 2.33. The molecule has 0 saturated heterocycles. The molecule has 4 heteroatoms. The van der Waals surface area contributed by atoms with E-state index in [-0.39, 0.29) is 12.2 Å². The van der Waals surface area contributed by atoms with Gasteiger partial charge in [-0.25, -0.2) is 0 Å². The number of aromatic nitrogens is 1. The second-order valence-corrected chi connectivity index (χ2v) is 5.05. The molecule has 2 rings (SSSR count). The average Bonchev–Trinajstić information content (AvgIpc) is 2.50. The van der Waals surface area contributed by atoms with Crippen LogP contribution in [-0.4, -0.2) is 17.9 Å². The highest BCUT2D eigenvalue weighted by molar-refractivity contribution is 5.97. The van der Waals surface area contributed by atoms with Crippen molar-refractivity contribution in [2.45, 2.75) is 26.8 Å². The van der Waals surface area contributed by atoms with E-state index in [1.807, 2.05) is 38.1 Å². The Morgan fingerprint density at radius 1 is 1.24 bits per heavy atom. The first-order valence-electron chi connectivity index (χ1n) is 6.88. The summed E-state index contributed by atoms with van der Waals surface area (Å²) in [5, 5.41) is 0. The molecule has 1 aromatic carbocycles. The Morgan fingerprint density at radius 2 is 1.90 bits per heavy atom. The first kappa shape index (κ1) is 15.2. The maximum Gasteiger partial charge on any atom is 0.168 e. The lowest BCUT2D eigenvalue weighted by Gasteiger charge is -2.12. The summed E-state index contributed by atoms with van der Waals surface area (Å²) in [6.45, 7) is 4.35. The summed E-state index contributed by atoms with van der Waals surface area (Å²) in [6.07, 6.45) is 2.01. The van der Waals surface area contributed by atoms with E-state index in [1.165, 1.54) is 0 Å². The number of hydrogen-bond acceptors (Lipinski definition) is 4. The number of nitrogens with zero attached hydrogens (tertiary/aromatic N) is 1. The van der Waals surface area contributed by atoms with Crippen LogP contribution in [0.1, 0.15) is 32.7 Å². The number of pyridine rings is 1. The number of Topliss-reactive ketones (excluding diaryl/α,β-unsaturated/α-hetero) is 1. The monoisotopic (exact) mass is 284 g/mol. The molecule has 21 heavy (non-hydrogen) atoms. The smallest absolute Gasteiger partial charge is 0.168 e. The molecule has 0 aliphatic rings. The summed E-state index contributed by atoms with van der Waals surface area (Å²) in [7, 11) is 1.63. The minimum atomic E-state index is 0.0417. The Kier molecular flexibility index (Phi) is 4.70. The summed E-state index contributed by atoms with van der Waals surface area (Å²) in [4.78, 5) is 16.7. The second-order valence-electron chi connectivity index (χ2n) is 5.05. The molecule has 1 aromatic heterocycles. The molecule has 1 heterocycles. The van der Waals surface area contributed by atoms with Crippen LogP contribution in [0.2, 0.25) is 0 Å². The quantitative estimate of drug-likeness (QED) is 0.857. The number of ketones is 1. The largest absolute Gasteiger partial charge is 0.496 e. The van der Waals surface area contributed by atoms with E-state index in [4.69, 9.17) is 10.5 Å². The van der Waals surface area contributed by atoms with Crippen molar-refractivity contribution >= 4 is 5.78 Å². The van der Waals surface area contributed by atoms with E-state index in [1.54, 1.807) is 13.3 Å². The first-order chi connectivity index (χ1) is 10.1. The number of benzene rings is 1. The highest BCUT2D eigenvalue weighted by atomic mass is 16.5. The Labute approximate surface area is 125 Å². The van der Waals surface area contributed by atoms with Crippen molar-refractivity contribution in [1.82, 2.24) is 4.98 Å². The lowest BCUT2D eigenvalue weighted by Crippen LogP contribution is -2.08. The number of methoxy groups -OCH3 is 1. The Balaban J connectivity index is 2.23. The zero-order chi connectivity index (χ0) is 15.4. The molecule has 110 valence electrons. The summed E-state index contributed by atoms with van der Waals surface area (Å²) >= 11 is 0. The Bertz CT molecular complexity index is 649. The van der Waals surface area contributed by atoms with Crippen molar-refractivity contribution in [3.63, 3.8) is 0 Å². The van der Waals surface area contributed by atoms with Gasteiger partial charge in [0, 0.05) is 29.4 Å². The number of rotatable bonds is 5. The number of aryl methyl sites for hydroxylation is 1. The highest BCUT2D eigenvalue weighted by Crippen LogP contribution is 2.24. The van der Waals surface area contributed by atoms with Gasteiger partial charge in [-0.15, -0.1) is 0 Å². The van der Waals surface area contributed by atoms with Gasteiger partial charge in [-0.3, -0.25) is 9.78 Å². The molecule has 0 saturated carbocycles. The zero-order valence-corrected chi connectivity index (χ0v) is 12.6. The van der Waals surface area contributed by atoms with Gasteiger partial charge in [0.25, 0.3) is 0 Å². The van der Waals surface area contributed by atoms with Gasteiger partial charge in [-0.1, -0.05) is 24.3 Å². The van der Waals surface area contributed by atoms with Crippen molar-refractivity contribution in [1.29, 1.82) is 0 Å². The van der Waals surface area contributed by atoms with Gasteiger partial charge < -0.3 is 10.5 Å². The van der Waals surface area contributed by atoms with Crippen LogP contribution in [0.15, 0.2) is 30.5 Å². The van der Waals surface area contributed by atoms with Crippen LogP contribution in [0.5, 0.6) is 5.75 Å². The molecule has 0 atom stereocenters. The van der Waals surface area contributed by atoms with Crippen LogP contribution in [0.25, 0.3) is 0 Å². The summed E-state index contributed by atoms with van der Waals surface area (Å²) < 4.78 is 5.37. The van der Waals surface area contributed by atoms with Crippen molar-refractivity contribution in [2.24, 2.45) is 5.73 Å². The van der Waals surface area contributed by atoms with Crippen molar-refractivity contribution in [3.05, 3.63) is 58.4 Å². The van der Waals surface area contributed by atoms with E-state index >= 15 is 0 Å². The third kappa shape index (κ3) is 3.28. The lowest BCUT2D eigenvalue weighted by molar-refractivity contribution is 0.0991. The van der Waals surface area contributed by atoms with Gasteiger partial charge in [0.1, 0.15) is 5.75 Å². The minimum Gasteiger partial charge on any atom is -0.496 e. The van der Waals surface area contributed by atoms with Crippen LogP contribution >= 0.6 is 0 Å². The molecular formula is C17H20N2O2. The molecule has 2 aromatic rings. The SMILES string of the molecule is COc1c(C)cnc(CC(=O)c2ccc(CN)cc2)c1C. The van der Waals surface area contributed by atoms with Gasteiger partial charge in [0.15, 0.2) is 5.78 Å². The molecular weight excluding hydrogens is 264 g/mol. The van der Waals surface area contributed by atoms with Crippen LogP contribution in [0.3, 0.4) is 0 Å². The molecule has 0 spiro atoms. The van der Waals surface area contributed by atoms with Gasteiger partial charge in [0.05, 0.1) is 19.2 Å². The number of carbonyl (C=O) groups excluding carboxylic acids is 1. The van der Waals surface area contributed by atoms with Gasteiger partial charge >= 0.3 is 0 Å². The third-order valence-corrected chi connectivity index (χ3v) is 3.59. The topological polar surface area (TPSA) is 65.2 Å². The van der Waals surface area contributed by atoms with E-state index in [0.717, 1.165) is 28.1 Å². The van der Waals surface area contributed by atoms with E-state index < -0.39 is 0 Å². The normalized spacial score (nSPS) is 10.5. The molecule has 0 fully saturated rings. The number of ether oxygens (including phenoxy) is 1. The maximum atomic E-state index is 12.3. The molecule has 0 aliphatic heterocycles. The van der Waals surface area contributed by atoms with Gasteiger partial charge in [-0.2, -0.15) is 0 Å². The van der Waals surface area contributed by atoms with E-state index in [2.05, 4.69) is 4.98 Å². The van der Waals surface area contributed by atoms with Gasteiger partial charge in [0.2, 0.25) is 0 Å². The number of carbonyl (C=O) groups is 1. The third-order valence-electron chi connectivity index (χ3n) is 3.59. The van der Waals surface area contributed by atoms with Crippen molar-refractivity contribution in [3.8, 4) is 5.75 Å². The van der Waals surface area contributed by atoms with Crippen LogP contribution in [0, 0.1) is 13.8 Å². The molecule has 2 N–H and O–H groups in total. The standard InChI is InChI=1S/C17H20N2O2/c1-11-10-19-15(12(2)17(11)21-3)8-16(20)14-6-4-13(9-18)5-7-14/h4-7,10H,8-9,18H2,1-3H3. The molecule has 0 aliphatic carbocycles. The first-order valence-corrected chi connectivity index (χ1v) is 6.88. The van der Waals surface area contributed by atoms with Gasteiger partial charge in [-0.05, 0) is 19.4 Å². The second kappa shape index (κ2) is 6.50. The predicted molar refractivity (Wildman–Crippen MR) is 82.6 cm³/mol. The van der Waals surface area contributed by atoms with Crippen molar-refractivity contribution < 1.29 is 9.53 Å². The zero-order valence-electron chi connectivity index (χ0n) is 12.6. The Morgan fingerprint density at radius 3 is 2.48 bits per heavy atom. The summed E-state index contributed by atoms with van der Waals surface area (Å²) in [6, 6.07) is 7.38. The molecule has 0 unspecified atom stereocenters.